The highest BCUT2D eigenvalue weighted by molar-refractivity contribution is 7.55. The molecule has 0 atom stereocenters. The second-order valence-electron chi connectivity index (χ2n) is 2.15. The highest BCUT2D eigenvalue weighted by atomic mass is 31.1. The van der Waals surface area contributed by atoms with Crippen LogP contribution in [-0.4, -0.2) is 0 Å². The third-order valence-corrected chi connectivity index (χ3v) is 2.48. The van der Waals surface area contributed by atoms with E-state index in [4.69, 9.17) is 8.83 Å². The van der Waals surface area contributed by atoms with E-state index in [0.717, 1.165) is 0 Å². The molecule has 0 aliphatic rings. The van der Waals surface area contributed by atoms with Crippen molar-refractivity contribution in [3.05, 3.63) is 37.2 Å². The van der Waals surface area contributed by atoms with Crippen molar-refractivity contribution in [1.29, 1.82) is 0 Å². The molecule has 0 N–H and O–H groups in total. The molecule has 2 heterocycles. The van der Waals surface area contributed by atoms with Gasteiger partial charge in [-0.15, -0.1) is 0 Å². The Morgan fingerprint density at radius 1 is 0.909 bits per heavy atom. The van der Waals surface area contributed by atoms with Crippen molar-refractivity contribution in [2.24, 2.45) is 0 Å². The Hall–Kier alpha value is -1.01. The number of hydrogen-bond donors (Lipinski definition) is 0. The van der Waals surface area contributed by atoms with Crippen LogP contribution >= 0.6 is 8.58 Å². The summed E-state index contributed by atoms with van der Waals surface area (Å²) in [6.45, 7) is 0. The van der Waals surface area contributed by atoms with E-state index in [1.54, 1.807) is 25.1 Å². The van der Waals surface area contributed by atoms with Crippen LogP contribution in [0.25, 0.3) is 0 Å². The van der Waals surface area contributed by atoms with Gasteiger partial charge in [0.05, 0.1) is 25.1 Å². The van der Waals surface area contributed by atoms with E-state index in [-0.39, 0.29) is 0 Å². The van der Waals surface area contributed by atoms with Gasteiger partial charge in [0.25, 0.3) is 0 Å². The SMILES string of the molecule is c1cc(Pc2ccoc2)co1. The summed E-state index contributed by atoms with van der Waals surface area (Å²) in [5, 5.41) is 2.40. The summed E-state index contributed by atoms with van der Waals surface area (Å²) in [7, 11) is 0.638. The fourth-order valence-electron chi connectivity index (χ4n) is 0.838. The van der Waals surface area contributed by atoms with Gasteiger partial charge in [-0.05, 0) is 12.1 Å². The Morgan fingerprint density at radius 3 is 1.82 bits per heavy atom. The lowest BCUT2D eigenvalue weighted by Gasteiger charge is -1.88. The molecule has 0 fully saturated rings. The Kier molecular flexibility index (Phi) is 1.78. The van der Waals surface area contributed by atoms with Gasteiger partial charge in [0, 0.05) is 10.6 Å². The molecule has 0 amide bonds. The Bertz CT molecular complexity index is 264. The minimum absolute atomic E-state index is 0.638. The molecule has 56 valence electrons. The third-order valence-electron chi connectivity index (χ3n) is 1.33. The van der Waals surface area contributed by atoms with Crippen LogP contribution < -0.4 is 10.6 Å². The van der Waals surface area contributed by atoms with E-state index in [9.17, 15) is 0 Å². The van der Waals surface area contributed by atoms with Crippen LogP contribution in [0.4, 0.5) is 0 Å². The quantitative estimate of drug-likeness (QED) is 0.632. The van der Waals surface area contributed by atoms with Gasteiger partial charge in [0.15, 0.2) is 0 Å². The fraction of sp³-hybridized carbons (Fsp3) is 0. The van der Waals surface area contributed by atoms with Crippen molar-refractivity contribution in [2.75, 3.05) is 0 Å². The third kappa shape index (κ3) is 1.52. The first-order valence-corrected chi connectivity index (χ1v) is 4.26. The molecule has 2 rings (SSSR count). The summed E-state index contributed by atoms with van der Waals surface area (Å²) in [5.74, 6) is 0. The van der Waals surface area contributed by atoms with Crippen LogP contribution in [0.2, 0.25) is 0 Å². The molecule has 2 aromatic rings. The van der Waals surface area contributed by atoms with Gasteiger partial charge in [0.1, 0.15) is 0 Å². The lowest BCUT2D eigenvalue weighted by molar-refractivity contribution is 0.569. The van der Waals surface area contributed by atoms with Gasteiger partial charge in [-0.2, -0.15) is 0 Å². The highest BCUT2D eigenvalue weighted by Crippen LogP contribution is 2.09. The highest BCUT2D eigenvalue weighted by Gasteiger charge is 1.96. The largest absolute Gasteiger partial charge is 0.472 e. The zero-order valence-corrected chi connectivity index (χ0v) is 6.78. The van der Waals surface area contributed by atoms with Crippen molar-refractivity contribution in [1.82, 2.24) is 0 Å². The zero-order valence-electron chi connectivity index (χ0n) is 5.78. The second kappa shape index (κ2) is 2.93. The molecular weight excluding hydrogens is 159 g/mol. The first kappa shape index (κ1) is 6.68. The average Bonchev–Trinajstić information content (AvgIpc) is 2.60. The number of rotatable bonds is 2. The number of hydrogen-bond acceptors (Lipinski definition) is 2. The number of furan rings is 2. The normalized spacial score (nSPS) is 10.2. The van der Waals surface area contributed by atoms with Crippen LogP contribution in [0.1, 0.15) is 0 Å². The van der Waals surface area contributed by atoms with E-state index in [1.807, 2.05) is 12.1 Å². The van der Waals surface area contributed by atoms with Gasteiger partial charge < -0.3 is 8.83 Å². The maximum absolute atomic E-state index is 4.94. The fourth-order valence-corrected chi connectivity index (χ4v) is 1.73. The van der Waals surface area contributed by atoms with E-state index < -0.39 is 0 Å². The van der Waals surface area contributed by atoms with Gasteiger partial charge in [-0.3, -0.25) is 0 Å². The topological polar surface area (TPSA) is 26.3 Å². The van der Waals surface area contributed by atoms with Crippen LogP contribution in [0.3, 0.4) is 0 Å². The van der Waals surface area contributed by atoms with Crippen LogP contribution in [0.15, 0.2) is 46.0 Å². The first-order chi connectivity index (χ1) is 5.45. The van der Waals surface area contributed by atoms with Crippen LogP contribution in [0, 0.1) is 0 Å². The van der Waals surface area contributed by atoms with E-state index >= 15 is 0 Å². The summed E-state index contributed by atoms with van der Waals surface area (Å²) < 4.78 is 9.88. The Labute approximate surface area is 66.0 Å². The molecule has 2 nitrogen and oxygen atoms in total. The summed E-state index contributed by atoms with van der Waals surface area (Å²) >= 11 is 0. The molecule has 11 heavy (non-hydrogen) atoms. The van der Waals surface area contributed by atoms with Gasteiger partial charge >= 0.3 is 0 Å². The molecule has 0 bridgehead atoms. The molecule has 0 saturated heterocycles. The van der Waals surface area contributed by atoms with Crippen molar-refractivity contribution in [3.8, 4) is 0 Å². The molecule has 0 aliphatic heterocycles. The summed E-state index contributed by atoms with van der Waals surface area (Å²) in [6, 6.07) is 3.93. The van der Waals surface area contributed by atoms with E-state index in [1.165, 1.54) is 10.6 Å². The lowest BCUT2D eigenvalue weighted by atomic mass is 10.7. The molecule has 3 heteroatoms. The van der Waals surface area contributed by atoms with Crippen LogP contribution in [0.5, 0.6) is 0 Å². The minimum Gasteiger partial charge on any atom is -0.472 e. The van der Waals surface area contributed by atoms with Crippen molar-refractivity contribution in [2.45, 2.75) is 0 Å². The Morgan fingerprint density at radius 2 is 1.45 bits per heavy atom. The standard InChI is InChI=1S/C8H7O2P/c1-3-9-5-7(1)11-8-2-4-10-6-8/h1-6,11H. The van der Waals surface area contributed by atoms with Gasteiger partial charge in [0.2, 0.25) is 0 Å². The molecule has 0 radical (unpaired) electrons. The van der Waals surface area contributed by atoms with E-state index in [2.05, 4.69) is 0 Å². The molecule has 0 saturated carbocycles. The summed E-state index contributed by atoms with van der Waals surface area (Å²) in [6.07, 6.45) is 6.88. The summed E-state index contributed by atoms with van der Waals surface area (Å²) in [5.41, 5.74) is 0. The van der Waals surface area contributed by atoms with Crippen molar-refractivity contribution < 1.29 is 8.83 Å². The van der Waals surface area contributed by atoms with E-state index in [0.29, 0.717) is 8.58 Å². The van der Waals surface area contributed by atoms with Crippen molar-refractivity contribution >= 4 is 19.2 Å². The maximum atomic E-state index is 4.94. The predicted molar refractivity (Wildman–Crippen MR) is 45.0 cm³/mol. The van der Waals surface area contributed by atoms with Crippen molar-refractivity contribution in [3.63, 3.8) is 0 Å². The lowest BCUT2D eigenvalue weighted by Crippen LogP contribution is -1.96. The van der Waals surface area contributed by atoms with Gasteiger partial charge in [-0.1, -0.05) is 8.58 Å². The van der Waals surface area contributed by atoms with Gasteiger partial charge in [-0.25, -0.2) is 0 Å². The van der Waals surface area contributed by atoms with Crippen LogP contribution in [-0.2, 0) is 0 Å². The average molecular weight is 166 g/mol. The molecule has 0 aliphatic carbocycles. The molecule has 0 aromatic carbocycles. The zero-order chi connectivity index (χ0) is 7.52. The smallest absolute Gasteiger partial charge is 0.0979 e. The maximum Gasteiger partial charge on any atom is 0.0979 e. The molecule has 0 spiro atoms. The first-order valence-electron chi connectivity index (χ1n) is 3.26. The second-order valence-corrected chi connectivity index (χ2v) is 3.55. The summed E-state index contributed by atoms with van der Waals surface area (Å²) in [4.78, 5) is 0. The Balaban J connectivity index is 2.14. The molecular formula is C8H7O2P. The monoisotopic (exact) mass is 166 g/mol. The predicted octanol–water partition coefficient (Wildman–Crippen LogP) is 1.50. The molecule has 0 unspecified atom stereocenters. The minimum atomic E-state index is 0.638. The molecule has 2 aromatic heterocycles.